The summed E-state index contributed by atoms with van der Waals surface area (Å²) < 4.78 is 6.11. The molecule has 1 aliphatic heterocycles. The van der Waals surface area contributed by atoms with Crippen molar-refractivity contribution in [2.24, 2.45) is 5.92 Å². The first-order valence-corrected chi connectivity index (χ1v) is 9.55. The van der Waals surface area contributed by atoms with Gasteiger partial charge in [0.2, 0.25) is 0 Å². The van der Waals surface area contributed by atoms with E-state index in [4.69, 9.17) is 4.74 Å². The van der Waals surface area contributed by atoms with Gasteiger partial charge in [-0.3, -0.25) is 4.90 Å². The number of halogens is 1. The number of piperidine rings is 1. The van der Waals surface area contributed by atoms with Gasteiger partial charge >= 0.3 is 0 Å². The van der Waals surface area contributed by atoms with E-state index < -0.39 is 0 Å². The van der Waals surface area contributed by atoms with Crippen molar-refractivity contribution in [2.75, 3.05) is 20.2 Å². The number of phenols is 1. The third-order valence-corrected chi connectivity index (χ3v) is 5.61. The molecule has 2 aromatic carbocycles. The Hall–Kier alpha value is -1.27. The lowest BCUT2D eigenvalue weighted by molar-refractivity contribution is 0.177. The van der Waals surface area contributed by atoms with Crippen LogP contribution in [0.3, 0.4) is 0 Å². The fourth-order valence-corrected chi connectivity index (χ4v) is 4.09. The van der Waals surface area contributed by atoms with Crippen LogP contribution in [0, 0.1) is 9.49 Å². The van der Waals surface area contributed by atoms with Gasteiger partial charge < -0.3 is 9.84 Å². The summed E-state index contributed by atoms with van der Waals surface area (Å²) in [6.07, 6.45) is 3.70. The van der Waals surface area contributed by atoms with Gasteiger partial charge in [0.05, 0.1) is 10.7 Å². The van der Waals surface area contributed by atoms with Crippen molar-refractivity contribution in [3.8, 4) is 11.5 Å². The van der Waals surface area contributed by atoms with Crippen LogP contribution >= 0.6 is 22.6 Å². The Balaban J connectivity index is 1.55. The quantitative estimate of drug-likeness (QED) is 0.702. The molecule has 0 aromatic heterocycles. The number of ether oxygens (including phenoxy) is 1. The Morgan fingerprint density at radius 1 is 1.12 bits per heavy atom. The lowest BCUT2D eigenvalue weighted by atomic mass is 9.90. The van der Waals surface area contributed by atoms with E-state index >= 15 is 0 Å². The van der Waals surface area contributed by atoms with Crippen LogP contribution < -0.4 is 4.74 Å². The van der Waals surface area contributed by atoms with E-state index in [2.05, 4.69) is 63.9 Å². The van der Waals surface area contributed by atoms with Crippen molar-refractivity contribution in [3.05, 3.63) is 57.2 Å². The van der Waals surface area contributed by atoms with E-state index in [1.807, 2.05) is 6.07 Å². The molecular weight excluding hydrogens is 413 g/mol. The van der Waals surface area contributed by atoms with Crippen molar-refractivity contribution in [1.29, 1.82) is 0 Å². The second kappa shape index (κ2) is 8.21. The van der Waals surface area contributed by atoms with E-state index in [1.54, 1.807) is 7.11 Å². The number of hydrogen-bond donors (Lipinski definition) is 1. The third kappa shape index (κ3) is 4.42. The van der Waals surface area contributed by atoms with Gasteiger partial charge in [0.25, 0.3) is 0 Å². The molecule has 3 nitrogen and oxygen atoms in total. The standard InChI is InChI=1S/C20H24INO2/c1-24-19-13-17(12-18(21)20(19)23)14-22-9-7-16(8-10-22)11-15-5-3-2-4-6-15/h2-6,12-13,16,23H,7-11,14H2,1H3. The molecule has 0 saturated carbocycles. The summed E-state index contributed by atoms with van der Waals surface area (Å²) in [5, 5.41) is 9.96. The molecule has 1 saturated heterocycles. The molecule has 1 fully saturated rings. The molecule has 1 heterocycles. The smallest absolute Gasteiger partial charge is 0.171 e. The number of likely N-dealkylation sites (tertiary alicyclic amines) is 1. The normalized spacial score (nSPS) is 16.2. The van der Waals surface area contributed by atoms with E-state index in [0.29, 0.717) is 5.75 Å². The molecule has 0 atom stereocenters. The number of rotatable bonds is 5. The van der Waals surface area contributed by atoms with Gasteiger partial charge in [0.1, 0.15) is 0 Å². The topological polar surface area (TPSA) is 32.7 Å². The number of benzene rings is 2. The Morgan fingerprint density at radius 3 is 2.50 bits per heavy atom. The van der Waals surface area contributed by atoms with E-state index in [-0.39, 0.29) is 5.75 Å². The van der Waals surface area contributed by atoms with Crippen molar-refractivity contribution in [2.45, 2.75) is 25.8 Å². The molecular formula is C20H24INO2. The largest absolute Gasteiger partial charge is 0.504 e. The summed E-state index contributed by atoms with van der Waals surface area (Å²) in [5.41, 5.74) is 2.66. The highest BCUT2D eigenvalue weighted by atomic mass is 127. The molecule has 0 bridgehead atoms. The molecule has 128 valence electrons. The fourth-order valence-electron chi connectivity index (χ4n) is 3.43. The highest BCUT2D eigenvalue weighted by molar-refractivity contribution is 14.1. The minimum Gasteiger partial charge on any atom is -0.504 e. The maximum atomic E-state index is 9.96. The first-order valence-electron chi connectivity index (χ1n) is 8.47. The molecule has 3 rings (SSSR count). The van der Waals surface area contributed by atoms with Crippen molar-refractivity contribution in [3.63, 3.8) is 0 Å². The molecule has 4 heteroatoms. The van der Waals surface area contributed by atoms with E-state index in [1.165, 1.54) is 30.4 Å². The molecule has 0 amide bonds. The highest BCUT2D eigenvalue weighted by Crippen LogP contribution is 2.33. The number of aromatic hydroxyl groups is 1. The molecule has 1 aliphatic rings. The summed E-state index contributed by atoms with van der Waals surface area (Å²) in [6, 6.07) is 14.8. The minimum absolute atomic E-state index is 0.239. The van der Waals surface area contributed by atoms with Crippen molar-refractivity contribution < 1.29 is 9.84 Å². The van der Waals surface area contributed by atoms with Crippen LogP contribution in [0.4, 0.5) is 0 Å². The van der Waals surface area contributed by atoms with Crippen LogP contribution in [-0.2, 0) is 13.0 Å². The molecule has 1 N–H and O–H groups in total. The van der Waals surface area contributed by atoms with Crippen LogP contribution in [0.2, 0.25) is 0 Å². The monoisotopic (exact) mass is 437 g/mol. The number of phenolic OH excluding ortho intramolecular Hbond substituents is 1. The summed E-state index contributed by atoms with van der Waals surface area (Å²) >= 11 is 2.16. The van der Waals surface area contributed by atoms with Crippen molar-refractivity contribution >= 4 is 22.6 Å². The van der Waals surface area contributed by atoms with Gasteiger partial charge in [-0.25, -0.2) is 0 Å². The summed E-state index contributed by atoms with van der Waals surface area (Å²) in [5.74, 6) is 1.59. The zero-order chi connectivity index (χ0) is 16.9. The molecule has 0 radical (unpaired) electrons. The maximum absolute atomic E-state index is 9.96. The zero-order valence-corrected chi connectivity index (χ0v) is 16.2. The predicted molar refractivity (Wildman–Crippen MR) is 106 cm³/mol. The number of nitrogens with zero attached hydrogens (tertiary/aromatic N) is 1. The van der Waals surface area contributed by atoms with Crippen LogP contribution in [0.15, 0.2) is 42.5 Å². The molecule has 24 heavy (non-hydrogen) atoms. The lowest BCUT2D eigenvalue weighted by Gasteiger charge is -2.32. The Labute approximate surface area is 157 Å². The SMILES string of the molecule is COc1cc(CN2CCC(Cc3ccccc3)CC2)cc(I)c1O. The van der Waals surface area contributed by atoms with Gasteiger partial charge in [-0.2, -0.15) is 0 Å². The number of hydrogen-bond acceptors (Lipinski definition) is 3. The highest BCUT2D eigenvalue weighted by Gasteiger charge is 2.20. The first kappa shape index (κ1) is 17.5. The van der Waals surface area contributed by atoms with E-state index in [0.717, 1.165) is 29.1 Å². The number of methoxy groups -OCH3 is 1. The minimum atomic E-state index is 0.239. The third-order valence-electron chi connectivity index (χ3n) is 4.79. The second-order valence-electron chi connectivity index (χ2n) is 6.54. The first-order chi connectivity index (χ1) is 11.7. The van der Waals surface area contributed by atoms with Crippen LogP contribution in [-0.4, -0.2) is 30.2 Å². The maximum Gasteiger partial charge on any atom is 0.171 e. The Bertz CT molecular complexity index is 667. The predicted octanol–water partition coefficient (Wildman–Crippen LogP) is 4.46. The Kier molecular flexibility index (Phi) is 6.00. The lowest BCUT2D eigenvalue weighted by Crippen LogP contribution is -2.33. The van der Waals surface area contributed by atoms with Gasteiger partial charge in [0, 0.05) is 6.54 Å². The molecule has 0 aliphatic carbocycles. The second-order valence-corrected chi connectivity index (χ2v) is 7.70. The zero-order valence-electron chi connectivity index (χ0n) is 14.0. The van der Waals surface area contributed by atoms with Crippen LogP contribution in [0.25, 0.3) is 0 Å². The summed E-state index contributed by atoms with van der Waals surface area (Å²) in [6.45, 7) is 3.19. The van der Waals surface area contributed by atoms with Gasteiger partial charge in [-0.1, -0.05) is 30.3 Å². The molecule has 0 spiro atoms. The van der Waals surface area contributed by atoms with Crippen molar-refractivity contribution in [1.82, 2.24) is 4.90 Å². The summed E-state index contributed by atoms with van der Waals surface area (Å²) in [4.78, 5) is 2.50. The molecule has 0 unspecified atom stereocenters. The average Bonchev–Trinajstić information content (AvgIpc) is 2.60. The summed E-state index contributed by atoms with van der Waals surface area (Å²) in [7, 11) is 1.60. The fraction of sp³-hybridized carbons (Fsp3) is 0.400. The van der Waals surface area contributed by atoms with Crippen LogP contribution in [0.1, 0.15) is 24.0 Å². The average molecular weight is 437 g/mol. The van der Waals surface area contributed by atoms with E-state index in [9.17, 15) is 5.11 Å². The molecule has 2 aromatic rings. The van der Waals surface area contributed by atoms with Crippen LogP contribution in [0.5, 0.6) is 11.5 Å². The van der Waals surface area contributed by atoms with Gasteiger partial charge in [-0.15, -0.1) is 0 Å². The Morgan fingerprint density at radius 2 is 1.83 bits per heavy atom. The van der Waals surface area contributed by atoms with Gasteiger partial charge in [-0.05, 0) is 84.1 Å². The van der Waals surface area contributed by atoms with Gasteiger partial charge in [0.15, 0.2) is 11.5 Å².